The summed E-state index contributed by atoms with van der Waals surface area (Å²) in [6.45, 7) is 2.56. The Kier molecular flexibility index (Phi) is 3.61. The van der Waals surface area contributed by atoms with E-state index < -0.39 is 40.2 Å². The van der Waals surface area contributed by atoms with Crippen molar-refractivity contribution in [1.29, 1.82) is 0 Å². The highest BCUT2D eigenvalue weighted by atomic mass is 19.1. The van der Waals surface area contributed by atoms with E-state index in [1.807, 2.05) is 0 Å². The molecule has 0 spiro atoms. The third-order valence-electron chi connectivity index (χ3n) is 2.93. The minimum atomic E-state index is -1.09. The maximum atomic E-state index is 13.8. The summed E-state index contributed by atoms with van der Waals surface area (Å²) in [6.07, 6.45) is 0. The summed E-state index contributed by atoms with van der Waals surface area (Å²) in [5, 5.41) is 0. The second kappa shape index (κ2) is 5.07. The first-order valence-electron chi connectivity index (χ1n) is 5.77. The Balaban J connectivity index is 2.64. The van der Waals surface area contributed by atoms with Crippen molar-refractivity contribution >= 4 is 5.78 Å². The van der Waals surface area contributed by atoms with Gasteiger partial charge in [0.1, 0.15) is 23.3 Å². The molecule has 5 heteroatoms. The molecule has 2 rings (SSSR count). The van der Waals surface area contributed by atoms with Crippen LogP contribution < -0.4 is 0 Å². The number of hydrogen-bond acceptors (Lipinski definition) is 1. The largest absolute Gasteiger partial charge is 0.288 e. The standard InChI is InChI=1S/C15H10F4O/c1-7-3-9(16)5-11(13(7)18)15(20)12-6-10(17)4-8(2)14(12)19/h3-6H,1-2H3. The van der Waals surface area contributed by atoms with E-state index in [1.54, 1.807) is 0 Å². The summed E-state index contributed by atoms with van der Waals surface area (Å²) in [5.74, 6) is -4.62. The van der Waals surface area contributed by atoms with Crippen molar-refractivity contribution in [3.63, 3.8) is 0 Å². The van der Waals surface area contributed by atoms with Gasteiger partial charge in [0.2, 0.25) is 0 Å². The van der Waals surface area contributed by atoms with E-state index in [9.17, 15) is 22.4 Å². The van der Waals surface area contributed by atoms with Crippen LogP contribution in [0.1, 0.15) is 27.0 Å². The van der Waals surface area contributed by atoms with Crippen LogP contribution in [0.2, 0.25) is 0 Å². The van der Waals surface area contributed by atoms with E-state index in [1.165, 1.54) is 13.8 Å². The molecule has 0 amide bonds. The fourth-order valence-corrected chi connectivity index (χ4v) is 1.93. The number of hydrogen-bond donors (Lipinski definition) is 0. The first-order chi connectivity index (χ1) is 9.31. The number of halogens is 4. The first-order valence-corrected chi connectivity index (χ1v) is 5.77. The molecule has 0 aromatic heterocycles. The Bertz CT molecular complexity index is 648. The second-order valence-corrected chi connectivity index (χ2v) is 4.50. The van der Waals surface area contributed by atoms with Gasteiger partial charge in [0.05, 0.1) is 11.1 Å². The Morgan fingerprint density at radius 3 is 1.45 bits per heavy atom. The number of carbonyl (C=O) groups is 1. The monoisotopic (exact) mass is 282 g/mol. The maximum Gasteiger partial charge on any atom is 0.199 e. The number of benzene rings is 2. The highest BCUT2D eigenvalue weighted by Crippen LogP contribution is 2.22. The van der Waals surface area contributed by atoms with Crippen molar-refractivity contribution in [3.8, 4) is 0 Å². The lowest BCUT2D eigenvalue weighted by Crippen LogP contribution is -2.10. The Morgan fingerprint density at radius 2 is 1.10 bits per heavy atom. The minimum Gasteiger partial charge on any atom is -0.288 e. The number of carbonyl (C=O) groups excluding carboxylic acids is 1. The quantitative estimate of drug-likeness (QED) is 0.599. The van der Waals surface area contributed by atoms with Crippen LogP contribution in [0.15, 0.2) is 24.3 Å². The smallest absolute Gasteiger partial charge is 0.199 e. The molecule has 0 saturated carbocycles. The molecule has 2 aromatic carbocycles. The van der Waals surface area contributed by atoms with Crippen molar-refractivity contribution in [2.24, 2.45) is 0 Å². The van der Waals surface area contributed by atoms with Crippen molar-refractivity contribution in [3.05, 3.63) is 69.8 Å². The Morgan fingerprint density at radius 1 is 0.750 bits per heavy atom. The van der Waals surface area contributed by atoms with E-state index >= 15 is 0 Å². The summed E-state index contributed by atoms with van der Waals surface area (Å²) in [5.41, 5.74) is -1.40. The van der Waals surface area contributed by atoms with Crippen LogP contribution in [0.3, 0.4) is 0 Å². The van der Waals surface area contributed by atoms with E-state index in [-0.39, 0.29) is 11.1 Å². The van der Waals surface area contributed by atoms with E-state index in [0.29, 0.717) is 12.1 Å². The highest BCUT2D eigenvalue weighted by molar-refractivity contribution is 6.09. The summed E-state index contributed by atoms with van der Waals surface area (Å²) < 4.78 is 54.2. The van der Waals surface area contributed by atoms with Gasteiger partial charge >= 0.3 is 0 Å². The third-order valence-corrected chi connectivity index (χ3v) is 2.93. The van der Waals surface area contributed by atoms with Crippen molar-refractivity contribution < 1.29 is 22.4 Å². The maximum absolute atomic E-state index is 13.8. The average molecular weight is 282 g/mol. The van der Waals surface area contributed by atoms with Crippen LogP contribution in [0.4, 0.5) is 17.6 Å². The summed E-state index contributed by atoms with van der Waals surface area (Å²) in [6, 6.07) is 3.17. The van der Waals surface area contributed by atoms with Crippen LogP contribution >= 0.6 is 0 Å². The number of rotatable bonds is 2. The molecule has 0 bridgehead atoms. The third kappa shape index (κ3) is 2.43. The molecular weight excluding hydrogens is 272 g/mol. The zero-order chi connectivity index (χ0) is 15.0. The SMILES string of the molecule is Cc1cc(F)cc(C(=O)c2cc(F)cc(C)c2F)c1F. The summed E-state index contributed by atoms with van der Waals surface area (Å²) >= 11 is 0. The summed E-state index contributed by atoms with van der Waals surface area (Å²) in [7, 11) is 0. The predicted molar refractivity (Wildman–Crippen MR) is 65.6 cm³/mol. The number of aryl methyl sites for hydroxylation is 2. The Hall–Kier alpha value is -2.17. The van der Waals surface area contributed by atoms with Crippen molar-refractivity contribution in [2.75, 3.05) is 0 Å². The van der Waals surface area contributed by atoms with Gasteiger partial charge in [-0.25, -0.2) is 17.6 Å². The van der Waals surface area contributed by atoms with Gasteiger partial charge in [-0.2, -0.15) is 0 Å². The van der Waals surface area contributed by atoms with Gasteiger partial charge in [0.25, 0.3) is 0 Å². The highest BCUT2D eigenvalue weighted by Gasteiger charge is 2.22. The fraction of sp³-hybridized carbons (Fsp3) is 0.133. The predicted octanol–water partition coefficient (Wildman–Crippen LogP) is 4.09. The molecule has 20 heavy (non-hydrogen) atoms. The van der Waals surface area contributed by atoms with Gasteiger partial charge in [-0.15, -0.1) is 0 Å². The molecule has 0 aliphatic rings. The van der Waals surface area contributed by atoms with Gasteiger partial charge in [0.15, 0.2) is 5.78 Å². The second-order valence-electron chi connectivity index (χ2n) is 4.50. The Labute approximate surface area is 112 Å². The van der Waals surface area contributed by atoms with Gasteiger partial charge in [0, 0.05) is 0 Å². The lowest BCUT2D eigenvalue weighted by molar-refractivity contribution is 0.103. The first kappa shape index (κ1) is 14.2. The molecule has 0 radical (unpaired) electrons. The molecule has 0 fully saturated rings. The van der Waals surface area contributed by atoms with Gasteiger partial charge in [-0.1, -0.05) is 0 Å². The minimum absolute atomic E-state index is 0.0816. The van der Waals surface area contributed by atoms with Crippen LogP contribution in [-0.4, -0.2) is 5.78 Å². The molecule has 0 aliphatic heterocycles. The fourth-order valence-electron chi connectivity index (χ4n) is 1.93. The molecule has 0 saturated heterocycles. The molecule has 104 valence electrons. The lowest BCUT2D eigenvalue weighted by Gasteiger charge is -2.08. The topological polar surface area (TPSA) is 17.1 Å². The van der Waals surface area contributed by atoms with Crippen LogP contribution in [-0.2, 0) is 0 Å². The molecule has 0 atom stereocenters. The molecule has 0 heterocycles. The molecule has 2 aromatic rings. The van der Waals surface area contributed by atoms with Gasteiger partial charge in [-0.05, 0) is 49.2 Å². The molecule has 0 aliphatic carbocycles. The van der Waals surface area contributed by atoms with Gasteiger partial charge < -0.3 is 0 Å². The van der Waals surface area contributed by atoms with Crippen molar-refractivity contribution in [2.45, 2.75) is 13.8 Å². The lowest BCUT2D eigenvalue weighted by atomic mass is 9.98. The zero-order valence-electron chi connectivity index (χ0n) is 10.7. The molecule has 1 nitrogen and oxygen atoms in total. The molecular formula is C15H10F4O. The van der Waals surface area contributed by atoms with Crippen LogP contribution in [0, 0.1) is 37.1 Å². The van der Waals surface area contributed by atoms with Crippen LogP contribution in [0.5, 0.6) is 0 Å². The van der Waals surface area contributed by atoms with E-state index in [0.717, 1.165) is 12.1 Å². The average Bonchev–Trinajstić information content (AvgIpc) is 2.37. The van der Waals surface area contributed by atoms with E-state index in [2.05, 4.69) is 0 Å². The van der Waals surface area contributed by atoms with Gasteiger partial charge in [-0.3, -0.25) is 4.79 Å². The van der Waals surface area contributed by atoms with Crippen LogP contribution in [0.25, 0.3) is 0 Å². The molecule has 0 unspecified atom stereocenters. The molecule has 0 N–H and O–H groups in total. The normalized spacial score (nSPS) is 10.7. The zero-order valence-corrected chi connectivity index (χ0v) is 10.7. The summed E-state index contributed by atoms with van der Waals surface area (Å²) in [4.78, 5) is 12.1. The number of ketones is 1. The van der Waals surface area contributed by atoms with Crippen molar-refractivity contribution in [1.82, 2.24) is 0 Å². The van der Waals surface area contributed by atoms with E-state index in [4.69, 9.17) is 0 Å².